The Labute approximate surface area is 169 Å². The molecule has 4 nitrogen and oxygen atoms in total. The van der Waals surface area contributed by atoms with E-state index in [1.165, 1.54) is 24.3 Å². The smallest absolute Gasteiger partial charge is 0.335 e. The summed E-state index contributed by atoms with van der Waals surface area (Å²) in [7, 11) is 0. The van der Waals surface area contributed by atoms with Gasteiger partial charge in [0.1, 0.15) is 11.6 Å². The largest absolute Gasteiger partial charge is 0.478 e. The average molecular weight is 391 g/mol. The Balaban J connectivity index is 1.72. The Bertz CT molecular complexity index is 971. The predicted octanol–water partition coefficient (Wildman–Crippen LogP) is 5.27. The van der Waals surface area contributed by atoms with Gasteiger partial charge in [-0.05, 0) is 53.9 Å². The summed E-state index contributed by atoms with van der Waals surface area (Å²) in [5.74, 6) is -1.31. The van der Waals surface area contributed by atoms with Crippen molar-refractivity contribution in [3.05, 3.63) is 101 Å². The van der Waals surface area contributed by atoms with Crippen LogP contribution in [0.15, 0.2) is 78.9 Å². The lowest BCUT2D eigenvalue weighted by molar-refractivity contribution is -0.119. The molecule has 0 heterocycles. The monoisotopic (exact) mass is 391 g/mol. The highest BCUT2D eigenvalue weighted by atomic mass is 19.1. The number of carbonyl (C=O) groups excluding carboxylic acids is 1. The van der Waals surface area contributed by atoms with Gasteiger partial charge in [0.25, 0.3) is 0 Å². The van der Waals surface area contributed by atoms with Crippen molar-refractivity contribution in [1.29, 1.82) is 0 Å². The van der Waals surface area contributed by atoms with E-state index in [0.717, 1.165) is 5.56 Å². The van der Waals surface area contributed by atoms with E-state index in [1.807, 2.05) is 30.3 Å². The third-order valence-electron chi connectivity index (χ3n) is 4.69. The van der Waals surface area contributed by atoms with Crippen molar-refractivity contribution in [2.24, 2.45) is 0 Å². The van der Waals surface area contributed by atoms with Gasteiger partial charge >= 0.3 is 5.97 Å². The van der Waals surface area contributed by atoms with Gasteiger partial charge in [0.15, 0.2) is 0 Å². The molecule has 0 aliphatic carbocycles. The molecule has 3 aromatic carbocycles. The molecule has 0 bridgehead atoms. The van der Waals surface area contributed by atoms with Gasteiger partial charge < -0.3 is 10.4 Å². The maximum atomic E-state index is 13.7. The topological polar surface area (TPSA) is 66.4 Å². The molecule has 0 aromatic heterocycles. The van der Waals surface area contributed by atoms with E-state index in [4.69, 9.17) is 5.11 Å². The molecule has 0 spiro atoms. The quantitative estimate of drug-likeness (QED) is 0.522. The van der Waals surface area contributed by atoms with Gasteiger partial charge in [-0.15, -0.1) is 0 Å². The van der Waals surface area contributed by atoms with Crippen LogP contribution in [-0.2, 0) is 11.2 Å². The van der Waals surface area contributed by atoms with Gasteiger partial charge in [0.2, 0.25) is 0 Å². The van der Waals surface area contributed by atoms with Gasteiger partial charge in [-0.2, -0.15) is 0 Å². The summed E-state index contributed by atoms with van der Waals surface area (Å²) in [6.45, 7) is 0. The third-order valence-corrected chi connectivity index (χ3v) is 4.69. The highest BCUT2D eigenvalue weighted by molar-refractivity contribution is 5.88. The molecule has 0 amide bonds. The van der Waals surface area contributed by atoms with Gasteiger partial charge in [0.05, 0.1) is 11.6 Å². The van der Waals surface area contributed by atoms with Gasteiger partial charge in [-0.1, -0.05) is 42.5 Å². The van der Waals surface area contributed by atoms with Crippen LogP contribution in [0.3, 0.4) is 0 Å². The van der Waals surface area contributed by atoms with Crippen molar-refractivity contribution in [2.45, 2.75) is 25.3 Å². The molecule has 29 heavy (non-hydrogen) atoms. The van der Waals surface area contributed by atoms with Crippen LogP contribution in [0.4, 0.5) is 10.1 Å². The number of Topliss-reactive ketones (excluding diaryl/α,β-unsaturated/α-hetero) is 1. The molecule has 1 unspecified atom stereocenters. The van der Waals surface area contributed by atoms with Gasteiger partial charge in [0, 0.05) is 18.5 Å². The number of aryl methyl sites for hydroxylation is 1. The Morgan fingerprint density at radius 2 is 1.66 bits per heavy atom. The highest BCUT2D eigenvalue weighted by Crippen LogP contribution is 2.25. The Kier molecular flexibility index (Phi) is 6.74. The number of carboxylic acids is 1. The molecule has 0 saturated heterocycles. The molecule has 148 valence electrons. The van der Waals surface area contributed by atoms with Crippen molar-refractivity contribution in [3.63, 3.8) is 0 Å². The van der Waals surface area contributed by atoms with E-state index in [-0.39, 0.29) is 23.6 Å². The van der Waals surface area contributed by atoms with Crippen LogP contribution >= 0.6 is 0 Å². The second kappa shape index (κ2) is 9.64. The predicted molar refractivity (Wildman–Crippen MR) is 111 cm³/mol. The van der Waals surface area contributed by atoms with Crippen LogP contribution in [0.1, 0.15) is 40.4 Å². The summed E-state index contributed by atoms with van der Waals surface area (Å²) >= 11 is 0. The molecular formula is C24H22FNO3. The number of hydrogen-bond donors (Lipinski definition) is 2. The SMILES string of the molecule is O=C(CCc1ccccc1)CC(Nc1ccc(C(=O)O)cc1)c1cccc(F)c1. The Morgan fingerprint density at radius 1 is 0.931 bits per heavy atom. The van der Waals surface area contributed by atoms with Gasteiger partial charge in [-0.25, -0.2) is 9.18 Å². The second-order valence-corrected chi connectivity index (χ2v) is 6.86. The number of rotatable bonds is 9. The molecule has 0 radical (unpaired) electrons. The summed E-state index contributed by atoms with van der Waals surface area (Å²) in [6, 6.07) is 21.8. The molecule has 3 aromatic rings. The van der Waals surface area contributed by atoms with Crippen molar-refractivity contribution < 1.29 is 19.1 Å². The maximum absolute atomic E-state index is 13.7. The van der Waals surface area contributed by atoms with E-state index < -0.39 is 12.0 Å². The van der Waals surface area contributed by atoms with Crippen molar-refractivity contribution in [3.8, 4) is 0 Å². The number of carbonyl (C=O) groups is 2. The maximum Gasteiger partial charge on any atom is 0.335 e. The summed E-state index contributed by atoms with van der Waals surface area (Å²) in [5, 5.41) is 12.3. The van der Waals surface area contributed by atoms with E-state index in [0.29, 0.717) is 24.1 Å². The molecule has 0 aliphatic rings. The third kappa shape index (κ3) is 6.01. The van der Waals surface area contributed by atoms with Crippen LogP contribution in [0.25, 0.3) is 0 Å². The van der Waals surface area contributed by atoms with E-state index in [2.05, 4.69) is 5.32 Å². The summed E-state index contributed by atoms with van der Waals surface area (Å²) in [4.78, 5) is 23.6. The fraction of sp³-hybridized carbons (Fsp3) is 0.167. The summed E-state index contributed by atoms with van der Waals surface area (Å²) in [6.07, 6.45) is 1.26. The van der Waals surface area contributed by atoms with Crippen molar-refractivity contribution in [1.82, 2.24) is 0 Å². The van der Waals surface area contributed by atoms with E-state index in [9.17, 15) is 14.0 Å². The average Bonchev–Trinajstić information content (AvgIpc) is 2.73. The number of halogens is 1. The van der Waals surface area contributed by atoms with Crippen LogP contribution in [0.2, 0.25) is 0 Å². The lowest BCUT2D eigenvalue weighted by Gasteiger charge is -2.20. The van der Waals surface area contributed by atoms with Crippen molar-refractivity contribution >= 4 is 17.4 Å². The lowest BCUT2D eigenvalue weighted by atomic mass is 9.97. The van der Waals surface area contributed by atoms with Crippen LogP contribution in [0, 0.1) is 5.82 Å². The van der Waals surface area contributed by atoms with E-state index in [1.54, 1.807) is 24.3 Å². The summed E-state index contributed by atoms with van der Waals surface area (Å²) < 4.78 is 13.7. The molecule has 0 saturated carbocycles. The standard InChI is InChI=1S/C24H22FNO3/c25-20-8-4-7-19(15-20)23(26-21-12-10-18(11-13-21)24(28)29)16-22(27)14-9-17-5-2-1-3-6-17/h1-8,10-13,15,23,26H,9,14,16H2,(H,28,29). The molecule has 2 N–H and O–H groups in total. The van der Waals surface area contributed by atoms with Gasteiger partial charge in [-0.3, -0.25) is 4.79 Å². The molecule has 5 heteroatoms. The minimum Gasteiger partial charge on any atom is -0.478 e. The van der Waals surface area contributed by atoms with Crippen LogP contribution < -0.4 is 5.32 Å². The number of anilines is 1. The Hall–Kier alpha value is -3.47. The number of carboxylic acid groups (broad SMARTS) is 1. The van der Waals surface area contributed by atoms with Crippen molar-refractivity contribution in [2.75, 3.05) is 5.32 Å². The minimum atomic E-state index is -1.01. The number of aromatic carboxylic acids is 1. The first kappa shape index (κ1) is 20.3. The van der Waals surface area contributed by atoms with E-state index >= 15 is 0 Å². The second-order valence-electron chi connectivity index (χ2n) is 6.86. The first-order valence-electron chi connectivity index (χ1n) is 9.42. The number of benzene rings is 3. The fourth-order valence-corrected chi connectivity index (χ4v) is 3.14. The zero-order valence-electron chi connectivity index (χ0n) is 15.8. The minimum absolute atomic E-state index is 0.0674. The molecule has 0 fully saturated rings. The summed E-state index contributed by atoms with van der Waals surface area (Å²) in [5.41, 5.74) is 2.61. The molecular weight excluding hydrogens is 369 g/mol. The number of nitrogens with one attached hydrogen (secondary N) is 1. The zero-order chi connectivity index (χ0) is 20.6. The number of ketones is 1. The van der Waals surface area contributed by atoms with Crippen LogP contribution in [0.5, 0.6) is 0 Å². The highest BCUT2D eigenvalue weighted by Gasteiger charge is 2.17. The molecule has 1 atom stereocenters. The normalized spacial score (nSPS) is 11.6. The number of hydrogen-bond acceptors (Lipinski definition) is 3. The molecule has 3 rings (SSSR count). The first-order valence-corrected chi connectivity index (χ1v) is 9.42. The first-order chi connectivity index (χ1) is 14.0. The van der Waals surface area contributed by atoms with Crippen LogP contribution in [-0.4, -0.2) is 16.9 Å². The lowest BCUT2D eigenvalue weighted by Crippen LogP contribution is -2.16. The zero-order valence-corrected chi connectivity index (χ0v) is 15.8. The fourth-order valence-electron chi connectivity index (χ4n) is 3.14. The molecule has 0 aliphatic heterocycles. The Morgan fingerprint density at radius 3 is 2.31 bits per heavy atom.